The molecule has 26 heavy (non-hydrogen) atoms. The number of nitrogens with one attached hydrogen (secondary N) is 2. The normalized spacial score (nSPS) is 9.69. The lowest BCUT2D eigenvalue weighted by molar-refractivity contribution is 0.253. The van der Waals surface area contributed by atoms with Crippen LogP contribution in [0.2, 0.25) is 5.02 Å². The number of anilines is 1. The maximum atomic E-state index is 13.3. The summed E-state index contributed by atoms with van der Waals surface area (Å²) in [7, 11) is 1.47. The molecular weight excluding hydrogens is 366 g/mol. The highest BCUT2D eigenvalue weighted by Crippen LogP contribution is 2.27. The highest BCUT2D eigenvalue weighted by Gasteiger charge is 2.07. The SMILES string of the molecule is COc1ccc(Cl)cc1NC(=O)NCC#CCOc1ccc(F)cc1F. The minimum Gasteiger partial charge on any atom is -0.495 e. The quantitative estimate of drug-likeness (QED) is 0.775. The summed E-state index contributed by atoms with van der Waals surface area (Å²) in [6.45, 7) is -0.0576. The van der Waals surface area contributed by atoms with E-state index in [1.807, 2.05) is 0 Å². The van der Waals surface area contributed by atoms with Gasteiger partial charge in [-0.05, 0) is 30.3 Å². The van der Waals surface area contributed by atoms with Crippen LogP contribution in [0.3, 0.4) is 0 Å². The van der Waals surface area contributed by atoms with E-state index in [0.29, 0.717) is 16.5 Å². The van der Waals surface area contributed by atoms with Crippen LogP contribution < -0.4 is 20.1 Å². The van der Waals surface area contributed by atoms with Crippen LogP contribution in [0.1, 0.15) is 0 Å². The van der Waals surface area contributed by atoms with Gasteiger partial charge in [-0.3, -0.25) is 0 Å². The smallest absolute Gasteiger partial charge is 0.320 e. The molecule has 0 heterocycles. The van der Waals surface area contributed by atoms with E-state index in [4.69, 9.17) is 21.1 Å². The van der Waals surface area contributed by atoms with Crippen LogP contribution in [-0.4, -0.2) is 26.3 Å². The van der Waals surface area contributed by atoms with Crippen molar-refractivity contribution >= 4 is 23.3 Å². The van der Waals surface area contributed by atoms with E-state index in [1.165, 1.54) is 13.2 Å². The van der Waals surface area contributed by atoms with Gasteiger partial charge in [0.05, 0.1) is 19.3 Å². The number of rotatable bonds is 5. The molecule has 136 valence electrons. The lowest BCUT2D eigenvalue weighted by Gasteiger charge is -2.10. The molecular formula is C18H15ClF2N2O3. The van der Waals surface area contributed by atoms with Crippen molar-refractivity contribution in [2.75, 3.05) is 25.6 Å². The van der Waals surface area contributed by atoms with Crippen molar-refractivity contribution in [2.24, 2.45) is 0 Å². The van der Waals surface area contributed by atoms with Gasteiger partial charge in [0.25, 0.3) is 0 Å². The van der Waals surface area contributed by atoms with Gasteiger partial charge in [-0.2, -0.15) is 0 Å². The molecule has 0 saturated carbocycles. The van der Waals surface area contributed by atoms with Crippen molar-refractivity contribution in [3.8, 4) is 23.3 Å². The Hall–Kier alpha value is -2.98. The van der Waals surface area contributed by atoms with E-state index in [1.54, 1.807) is 18.2 Å². The van der Waals surface area contributed by atoms with Gasteiger partial charge in [-0.15, -0.1) is 0 Å². The number of halogens is 3. The molecule has 2 aromatic carbocycles. The predicted molar refractivity (Wildman–Crippen MR) is 94.7 cm³/mol. The average Bonchev–Trinajstić information content (AvgIpc) is 2.59. The van der Waals surface area contributed by atoms with E-state index in [0.717, 1.165) is 12.1 Å². The summed E-state index contributed by atoms with van der Waals surface area (Å²) in [5.41, 5.74) is 0.417. The summed E-state index contributed by atoms with van der Waals surface area (Å²) >= 11 is 5.88. The molecule has 2 aromatic rings. The number of amides is 2. The summed E-state index contributed by atoms with van der Waals surface area (Å²) in [6, 6.07) is 7.31. The van der Waals surface area contributed by atoms with Crippen molar-refractivity contribution in [1.82, 2.24) is 5.32 Å². The highest BCUT2D eigenvalue weighted by atomic mass is 35.5. The second-order valence-electron chi connectivity index (χ2n) is 4.87. The zero-order valence-corrected chi connectivity index (χ0v) is 14.5. The first kappa shape index (κ1) is 19.3. The van der Waals surface area contributed by atoms with Gasteiger partial charge >= 0.3 is 6.03 Å². The van der Waals surface area contributed by atoms with Crippen LogP contribution in [0.5, 0.6) is 11.5 Å². The van der Waals surface area contributed by atoms with Gasteiger partial charge < -0.3 is 20.1 Å². The third kappa shape index (κ3) is 5.83. The van der Waals surface area contributed by atoms with Crippen LogP contribution in [0, 0.1) is 23.5 Å². The van der Waals surface area contributed by atoms with Gasteiger partial charge in [0.2, 0.25) is 0 Å². The molecule has 0 unspecified atom stereocenters. The Labute approximate surface area is 154 Å². The maximum absolute atomic E-state index is 13.3. The molecule has 0 spiro atoms. The first-order valence-corrected chi connectivity index (χ1v) is 7.79. The number of benzene rings is 2. The number of ether oxygens (including phenoxy) is 2. The number of hydrogen-bond donors (Lipinski definition) is 2. The minimum absolute atomic E-state index is 0.0456. The fourth-order valence-corrected chi connectivity index (χ4v) is 2.06. The third-order valence-electron chi connectivity index (χ3n) is 3.07. The van der Waals surface area contributed by atoms with E-state index in [2.05, 4.69) is 22.5 Å². The molecule has 0 aromatic heterocycles. The van der Waals surface area contributed by atoms with Crippen molar-refractivity contribution in [1.29, 1.82) is 0 Å². The molecule has 0 saturated heterocycles. The second kappa shape index (κ2) is 9.49. The summed E-state index contributed by atoms with van der Waals surface area (Å²) in [6.07, 6.45) is 0. The Morgan fingerprint density at radius 2 is 1.92 bits per heavy atom. The monoisotopic (exact) mass is 380 g/mol. The first-order valence-electron chi connectivity index (χ1n) is 7.41. The number of methoxy groups -OCH3 is 1. The summed E-state index contributed by atoms with van der Waals surface area (Å²) < 4.78 is 36.3. The number of urea groups is 1. The molecule has 0 fully saturated rings. The fourth-order valence-electron chi connectivity index (χ4n) is 1.89. The van der Waals surface area contributed by atoms with Gasteiger partial charge in [0.1, 0.15) is 18.2 Å². The molecule has 0 aliphatic rings. The van der Waals surface area contributed by atoms with Crippen LogP contribution in [0.15, 0.2) is 36.4 Å². The van der Waals surface area contributed by atoms with Gasteiger partial charge in [0, 0.05) is 11.1 Å². The molecule has 0 aliphatic heterocycles. The minimum atomic E-state index is -0.806. The van der Waals surface area contributed by atoms with E-state index in [9.17, 15) is 13.6 Å². The molecule has 0 bridgehead atoms. The third-order valence-corrected chi connectivity index (χ3v) is 3.30. The van der Waals surface area contributed by atoms with Crippen molar-refractivity contribution < 1.29 is 23.0 Å². The second-order valence-corrected chi connectivity index (χ2v) is 5.31. The van der Waals surface area contributed by atoms with Crippen LogP contribution in [-0.2, 0) is 0 Å². The van der Waals surface area contributed by atoms with Gasteiger partial charge in [0.15, 0.2) is 11.6 Å². The molecule has 2 N–H and O–H groups in total. The highest BCUT2D eigenvalue weighted by molar-refractivity contribution is 6.31. The first-order chi connectivity index (χ1) is 12.5. The molecule has 8 heteroatoms. The Morgan fingerprint density at radius 3 is 2.65 bits per heavy atom. The van der Waals surface area contributed by atoms with Crippen LogP contribution in [0.25, 0.3) is 0 Å². The summed E-state index contributed by atoms with van der Waals surface area (Å²) in [5.74, 6) is 4.12. The fraction of sp³-hybridized carbons (Fsp3) is 0.167. The zero-order chi connectivity index (χ0) is 18.9. The number of hydrogen-bond acceptors (Lipinski definition) is 3. The molecule has 0 atom stereocenters. The number of carbonyl (C=O) groups is 1. The number of carbonyl (C=O) groups excluding carboxylic acids is 1. The predicted octanol–water partition coefficient (Wildman–Crippen LogP) is 3.83. The lowest BCUT2D eigenvalue weighted by Crippen LogP contribution is -2.29. The van der Waals surface area contributed by atoms with Crippen molar-refractivity contribution in [3.05, 3.63) is 53.1 Å². The van der Waals surface area contributed by atoms with E-state index in [-0.39, 0.29) is 18.9 Å². The largest absolute Gasteiger partial charge is 0.495 e. The van der Waals surface area contributed by atoms with Gasteiger partial charge in [-0.1, -0.05) is 23.4 Å². The zero-order valence-electron chi connectivity index (χ0n) is 13.7. The average molecular weight is 381 g/mol. The van der Waals surface area contributed by atoms with Crippen LogP contribution >= 0.6 is 11.6 Å². The summed E-state index contributed by atoms with van der Waals surface area (Å²) in [5, 5.41) is 5.56. The van der Waals surface area contributed by atoms with Crippen molar-refractivity contribution in [3.63, 3.8) is 0 Å². The Kier molecular flexibility index (Phi) is 7.06. The van der Waals surface area contributed by atoms with E-state index >= 15 is 0 Å². The lowest BCUT2D eigenvalue weighted by atomic mass is 10.3. The Bertz CT molecular complexity index is 850. The van der Waals surface area contributed by atoms with Gasteiger partial charge in [-0.25, -0.2) is 13.6 Å². The summed E-state index contributed by atoms with van der Waals surface area (Å²) in [4.78, 5) is 11.8. The Balaban J connectivity index is 1.77. The van der Waals surface area contributed by atoms with Crippen LogP contribution in [0.4, 0.5) is 19.3 Å². The van der Waals surface area contributed by atoms with Crippen molar-refractivity contribution in [2.45, 2.75) is 0 Å². The maximum Gasteiger partial charge on any atom is 0.320 e. The van der Waals surface area contributed by atoms with E-state index < -0.39 is 17.7 Å². The Morgan fingerprint density at radius 1 is 1.15 bits per heavy atom. The molecule has 0 aliphatic carbocycles. The molecule has 0 radical (unpaired) electrons. The standard InChI is InChI=1S/C18H15ClF2N2O3/c1-25-17-6-4-12(19)10-15(17)23-18(24)22-8-2-3-9-26-16-7-5-13(20)11-14(16)21/h4-7,10-11H,8-9H2,1H3,(H2,22,23,24). The molecule has 5 nitrogen and oxygen atoms in total. The molecule has 2 rings (SSSR count). The topological polar surface area (TPSA) is 59.6 Å². The molecule has 2 amide bonds.